The molecule has 4 aromatic heterocycles. The van der Waals surface area contributed by atoms with Crippen LogP contribution in [0.5, 0.6) is 0 Å². The van der Waals surface area contributed by atoms with Crippen molar-refractivity contribution in [1.82, 2.24) is 29.9 Å². The lowest BCUT2D eigenvalue weighted by Crippen LogP contribution is -2.00. The van der Waals surface area contributed by atoms with Crippen molar-refractivity contribution in [2.75, 3.05) is 0 Å². The highest BCUT2D eigenvalue weighted by Gasteiger charge is 2.18. The van der Waals surface area contributed by atoms with Crippen LogP contribution in [0.15, 0.2) is 216 Å². The minimum atomic E-state index is 0.202. The van der Waals surface area contributed by atoms with Crippen LogP contribution in [0.3, 0.4) is 0 Å². The van der Waals surface area contributed by atoms with Gasteiger partial charge in [0.1, 0.15) is 22.3 Å². The summed E-state index contributed by atoms with van der Waals surface area (Å²) in [6, 6.07) is 63.6. The highest BCUT2D eigenvalue weighted by molar-refractivity contribution is 9.11. The molecule has 0 atom stereocenters. The Bertz CT molecular complexity index is 3480. The molecule has 0 N–H and O–H groups in total. The van der Waals surface area contributed by atoms with Crippen molar-refractivity contribution in [3.05, 3.63) is 213 Å². The number of fused-ring (bicyclic) bond motifs is 6. The molecule has 66 heavy (non-hydrogen) atoms. The third-order valence-electron chi connectivity index (χ3n) is 10.5. The molecule has 12 heteroatoms. The van der Waals surface area contributed by atoms with Gasteiger partial charge in [-0.15, -0.1) is 0 Å². The first-order chi connectivity index (χ1) is 32.4. The molecule has 4 heterocycles. The molecule has 8 aromatic carbocycles. The molecule has 0 aliphatic carbocycles. The van der Waals surface area contributed by atoms with E-state index in [1.54, 1.807) is 0 Å². The molecular weight excluding hydrogens is 1040 g/mol. The Morgan fingerprint density at radius 1 is 0.288 bits per heavy atom. The van der Waals surface area contributed by atoms with Gasteiger partial charge in [0.2, 0.25) is 5.28 Å². The molecule has 0 saturated heterocycles. The van der Waals surface area contributed by atoms with E-state index in [-0.39, 0.29) is 5.28 Å². The van der Waals surface area contributed by atoms with Crippen molar-refractivity contribution >= 4 is 103 Å². The molecule has 0 spiro atoms. The zero-order chi connectivity index (χ0) is 45.0. The molecule has 0 saturated carbocycles. The lowest BCUT2D eigenvalue weighted by atomic mass is 10.1. The molecule has 0 fully saturated rings. The normalized spacial score (nSPS) is 11.0. The van der Waals surface area contributed by atoms with E-state index in [2.05, 4.69) is 87.0 Å². The van der Waals surface area contributed by atoms with Crippen molar-refractivity contribution in [3.8, 4) is 56.9 Å². The van der Waals surface area contributed by atoms with E-state index in [9.17, 15) is 0 Å². The van der Waals surface area contributed by atoms with Crippen LogP contribution in [0, 0.1) is 0 Å². The minimum absolute atomic E-state index is 0.202. The Labute approximate surface area is 408 Å². The maximum atomic E-state index is 6.31. The molecule has 0 amide bonds. The number of para-hydroxylation sites is 4. The average molecular weight is 1070 g/mol. The Balaban J connectivity index is 0.000000127. The highest BCUT2D eigenvalue weighted by Crippen LogP contribution is 2.39. The number of rotatable bonds is 5. The number of hydrogen-bond donors (Lipinski definition) is 0. The lowest BCUT2D eigenvalue weighted by Gasteiger charge is -2.08. The van der Waals surface area contributed by atoms with Crippen LogP contribution in [0.2, 0.25) is 5.28 Å². The van der Waals surface area contributed by atoms with Crippen LogP contribution in [-0.2, 0) is 0 Å². The van der Waals surface area contributed by atoms with Gasteiger partial charge in [0, 0.05) is 43.8 Å². The zero-order valence-electron chi connectivity index (χ0n) is 34.5. The first kappa shape index (κ1) is 43.0. The maximum absolute atomic E-state index is 6.31. The highest BCUT2D eigenvalue weighted by atomic mass is 79.9. The van der Waals surface area contributed by atoms with E-state index in [4.69, 9.17) is 35.4 Å². The predicted octanol–water partition coefficient (Wildman–Crippen LogP) is 16.5. The fourth-order valence-electron chi connectivity index (χ4n) is 7.43. The quantitative estimate of drug-likeness (QED) is 0.168. The number of aromatic nitrogens is 6. The molecule has 0 bridgehead atoms. The fraction of sp³-hybridized carbons (Fsp3) is 0. The molecule has 0 radical (unpaired) electrons. The Kier molecular flexibility index (Phi) is 12.6. The van der Waals surface area contributed by atoms with Gasteiger partial charge in [-0.05, 0) is 83.7 Å². The number of nitrogens with zero attached hydrogens (tertiary/aromatic N) is 6. The first-order valence-corrected chi connectivity index (χ1v) is 23.4. The molecule has 0 aliphatic heterocycles. The van der Waals surface area contributed by atoms with E-state index in [1.165, 1.54) is 0 Å². The van der Waals surface area contributed by atoms with Gasteiger partial charge >= 0.3 is 0 Å². The summed E-state index contributed by atoms with van der Waals surface area (Å²) in [6.45, 7) is 0. The van der Waals surface area contributed by atoms with Gasteiger partial charge in [-0.2, -0.15) is 9.97 Å². The van der Waals surface area contributed by atoms with E-state index in [1.807, 2.05) is 170 Å². The topological polar surface area (TPSA) is 104 Å². The second-order valence-corrected chi connectivity index (χ2v) is 17.7. The second kappa shape index (κ2) is 19.3. The summed E-state index contributed by atoms with van der Waals surface area (Å²) >= 11 is 16.6. The molecule has 12 aromatic rings. The van der Waals surface area contributed by atoms with Crippen LogP contribution < -0.4 is 0 Å². The number of halogens is 4. The molecule has 12 rings (SSSR count). The summed E-state index contributed by atoms with van der Waals surface area (Å²) in [6.07, 6.45) is 0. The summed E-state index contributed by atoms with van der Waals surface area (Å²) in [5, 5.41) is 4.56. The van der Waals surface area contributed by atoms with Crippen LogP contribution in [0.4, 0.5) is 0 Å². The summed E-state index contributed by atoms with van der Waals surface area (Å²) < 4.78 is 15.0. The van der Waals surface area contributed by atoms with E-state index in [0.717, 1.165) is 85.1 Å². The van der Waals surface area contributed by atoms with Crippen molar-refractivity contribution in [1.29, 1.82) is 0 Å². The Hall–Kier alpha value is -6.89. The summed E-state index contributed by atoms with van der Waals surface area (Å²) in [5.74, 6) is 3.00. The monoisotopic (exact) mass is 1070 g/mol. The smallest absolute Gasteiger partial charge is 0.226 e. The second-order valence-electron chi connectivity index (χ2n) is 14.8. The molecular formula is C54H32Br3ClN6O2. The zero-order valence-corrected chi connectivity index (χ0v) is 40.0. The summed E-state index contributed by atoms with van der Waals surface area (Å²) in [5.41, 5.74) is 7.93. The van der Waals surface area contributed by atoms with Crippen molar-refractivity contribution in [3.63, 3.8) is 0 Å². The fourth-order valence-corrected chi connectivity index (χ4v) is 8.93. The number of hydrogen-bond acceptors (Lipinski definition) is 8. The largest absolute Gasteiger partial charge is 0.454 e. The van der Waals surface area contributed by atoms with Crippen LogP contribution in [0.1, 0.15) is 0 Å². The van der Waals surface area contributed by atoms with E-state index in [0.29, 0.717) is 29.1 Å². The predicted molar refractivity (Wildman–Crippen MR) is 276 cm³/mol. The van der Waals surface area contributed by atoms with Crippen LogP contribution in [0.25, 0.3) is 101 Å². The maximum Gasteiger partial charge on any atom is 0.226 e. The van der Waals surface area contributed by atoms with Gasteiger partial charge in [-0.25, -0.2) is 19.9 Å². The van der Waals surface area contributed by atoms with Gasteiger partial charge in [0.15, 0.2) is 29.1 Å². The summed E-state index contributed by atoms with van der Waals surface area (Å²) in [4.78, 5) is 27.3. The first-order valence-electron chi connectivity index (χ1n) is 20.6. The van der Waals surface area contributed by atoms with E-state index < -0.39 is 0 Å². The van der Waals surface area contributed by atoms with Crippen LogP contribution in [-0.4, -0.2) is 29.9 Å². The molecule has 8 nitrogen and oxygen atoms in total. The average Bonchev–Trinajstić information content (AvgIpc) is 3.97. The third-order valence-corrected chi connectivity index (χ3v) is 12.6. The molecule has 318 valence electrons. The standard InChI is InChI=1S/C27H16BrN3O.C15H10ClN3.C12H6Br2O/c28-22-16-8-14-20-19-13-7-15-21(23(19)32-24(20)22)27-30-25(17-9-3-1-4-10-17)29-26(31-27)18-11-5-2-6-12-18;16-15-18-13(11-7-3-1-4-8-11)17-14(19-15)12-9-5-2-6-10-12;13-9-5-1-3-7-8-4-2-6-10(14)12(8)15-11(7)9/h1-16H;1-10H;1-6H. The van der Waals surface area contributed by atoms with Gasteiger partial charge in [0.25, 0.3) is 0 Å². The SMILES string of the molecule is Brc1cccc2c1oc1c(-c3nc(-c4ccccc4)nc(-c4ccccc4)n3)cccc12.Brc1cccc2c1oc1c(Br)cccc12.Clc1nc(-c2ccccc2)nc(-c2ccccc2)n1. The molecule has 0 unspecified atom stereocenters. The lowest BCUT2D eigenvalue weighted by molar-refractivity contribution is 0.664. The van der Waals surface area contributed by atoms with E-state index >= 15 is 0 Å². The van der Waals surface area contributed by atoms with Crippen molar-refractivity contribution in [2.24, 2.45) is 0 Å². The van der Waals surface area contributed by atoms with Crippen LogP contribution >= 0.6 is 59.4 Å². The molecule has 0 aliphatic rings. The summed E-state index contributed by atoms with van der Waals surface area (Å²) in [7, 11) is 0. The minimum Gasteiger partial charge on any atom is -0.454 e. The van der Waals surface area contributed by atoms with Gasteiger partial charge < -0.3 is 8.83 Å². The van der Waals surface area contributed by atoms with Gasteiger partial charge in [-0.1, -0.05) is 170 Å². The number of furan rings is 2. The van der Waals surface area contributed by atoms with Crippen molar-refractivity contribution < 1.29 is 8.83 Å². The van der Waals surface area contributed by atoms with Crippen molar-refractivity contribution in [2.45, 2.75) is 0 Å². The van der Waals surface area contributed by atoms with Gasteiger partial charge in [0.05, 0.1) is 19.0 Å². The van der Waals surface area contributed by atoms with Gasteiger partial charge in [-0.3, -0.25) is 0 Å². The Morgan fingerprint density at radius 2 is 0.576 bits per heavy atom. The Morgan fingerprint density at radius 3 is 0.939 bits per heavy atom. The number of benzene rings is 8. The third kappa shape index (κ3) is 9.03.